The van der Waals surface area contributed by atoms with Gasteiger partial charge in [-0.3, -0.25) is 14.7 Å². The molecular weight excluding hydrogens is 531 g/mol. The second-order valence-electron chi connectivity index (χ2n) is 8.09. The van der Waals surface area contributed by atoms with Crippen LogP contribution >= 0.6 is 11.6 Å². The zero-order valence-corrected chi connectivity index (χ0v) is 21.9. The van der Waals surface area contributed by atoms with Crippen LogP contribution in [0.25, 0.3) is 16.9 Å². The first-order valence-electron chi connectivity index (χ1n) is 11.4. The van der Waals surface area contributed by atoms with Crippen molar-refractivity contribution in [1.82, 2.24) is 13.9 Å². The Hall–Kier alpha value is -3.99. The fourth-order valence-corrected chi connectivity index (χ4v) is 5.20. The second-order valence-corrected chi connectivity index (χ2v) is 10.4. The van der Waals surface area contributed by atoms with Crippen molar-refractivity contribution in [3.63, 3.8) is 0 Å². The monoisotopic (exact) mass is 554 g/mol. The number of nitrogens with one attached hydrogen (secondary N) is 1. The van der Waals surface area contributed by atoms with E-state index in [9.17, 15) is 17.6 Å². The number of carbonyl (C=O) groups excluding carboxylic acids is 1. The van der Waals surface area contributed by atoms with Crippen LogP contribution in [0.1, 0.15) is 0 Å². The van der Waals surface area contributed by atoms with Crippen molar-refractivity contribution < 1.29 is 22.3 Å². The molecule has 3 aromatic carbocycles. The Morgan fingerprint density at radius 1 is 1.16 bits per heavy atom. The van der Waals surface area contributed by atoms with Crippen molar-refractivity contribution in [2.75, 3.05) is 25.5 Å². The number of benzene rings is 3. The highest BCUT2D eigenvalue weighted by Gasteiger charge is 2.26. The van der Waals surface area contributed by atoms with Crippen LogP contribution in [-0.4, -0.2) is 48.4 Å². The molecule has 0 aliphatic rings. The fourth-order valence-electron chi connectivity index (χ4n) is 3.66. The van der Waals surface area contributed by atoms with Crippen molar-refractivity contribution in [1.29, 1.82) is 0 Å². The lowest BCUT2D eigenvalue weighted by Crippen LogP contribution is -2.38. The minimum atomic E-state index is -4.03. The number of anilines is 1. The van der Waals surface area contributed by atoms with Gasteiger partial charge >= 0.3 is 0 Å². The van der Waals surface area contributed by atoms with Gasteiger partial charge in [0.2, 0.25) is 21.9 Å². The number of hydrogen-bond acceptors (Lipinski definition) is 5. The van der Waals surface area contributed by atoms with Crippen molar-refractivity contribution in [3.8, 4) is 22.7 Å². The minimum Gasteiger partial charge on any atom is -0.497 e. The lowest BCUT2D eigenvalue weighted by molar-refractivity contribution is -0.116. The summed E-state index contributed by atoms with van der Waals surface area (Å²) in [7, 11) is -2.55. The highest BCUT2D eigenvalue weighted by atomic mass is 35.5. The van der Waals surface area contributed by atoms with Crippen LogP contribution in [0.3, 0.4) is 0 Å². The van der Waals surface area contributed by atoms with Gasteiger partial charge in [-0.05, 0) is 42.5 Å². The van der Waals surface area contributed by atoms with E-state index < -0.39 is 28.3 Å². The van der Waals surface area contributed by atoms with Crippen LogP contribution in [0.5, 0.6) is 5.75 Å². The number of rotatable bonds is 10. The molecule has 1 N–H and O–H groups in total. The maximum Gasteiger partial charge on any atom is 0.243 e. The Morgan fingerprint density at radius 3 is 2.50 bits per heavy atom. The normalized spacial score (nSPS) is 11.4. The quantitative estimate of drug-likeness (QED) is 0.273. The van der Waals surface area contributed by atoms with Crippen molar-refractivity contribution in [3.05, 3.63) is 102 Å². The van der Waals surface area contributed by atoms with Gasteiger partial charge in [0.25, 0.3) is 0 Å². The molecule has 11 heteroatoms. The number of imidazole rings is 1. The number of ether oxygens (including phenoxy) is 1. The molecule has 4 aromatic rings. The van der Waals surface area contributed by atoms with Crippen molar-refractivity contribution in [2.45, 2.75) is 4.90 Å². The van der Waals surface area contributed by atoms with E-state index in [1.54, 1.807) is 10.8 Å². The van der Waals surface area contributed by atoms with Gasteiger partial charge in [0.05, 0.1) is 35.0 Å². The zero-order valence-electron chi connectivity index (χ0n) is 20.3. The molecule has 0 radical (unpaired) electrons. The van der Waals surface area contributed by atoms with Gasteiger partial charge in [0.1, 0.15) is 11.6 Å². The molecule has 0 aliphatic carbocycles. The molecular formula is C27H24ClFN4O4S. The van der Waals surface area contributed by atoms with Crippen molar-refractivity contribution in [2.24, 2.45) is 0 Å². The second kappa shape index (κ2) is 11.6. The fraction of sp³-hybridized carbons (Fsp3) is 0.111. The third-order valence-electron chi connectivity index (χ3n) is 5.56. The van der Waals surface area contributed by atoms with Crippen LogP contribution in [0.2, 0.25) is 5.02 Å². The highest BCUT2D eigenvalue weighted by molar-refractivity contribution is 7.89. The summed E-state index contributed by atoms with van der Waals surface area (Å²) in [4.78, 5) is 17.7. The molecule has 0 spiro atoms. The Balaban J connectivity index is 1.64. The molecule has 0 saturated carbocycles. The largest absolute Gasteiger partial charge is 0.497 e. The molecule has 8 nitrogen and oxygen atoms in total. The van der Waals surface area contributed by atoms with Crippen LogP contribution in [0.4, 0.5) is 10.3 Å². The van der Waals surface area contributed by atoms with E-state index in [1.165, 1.54) is 55.7 Å². The molecule has 196 valence electrons. The number of methoxy groups -OCH3 is 1. The number of amides is 1. The molecule has 0 atom stereocenters. The summed E-state index contributed by atoms with van der Waals surface area (Å²) in [5.41, 5.74) is 1.77. The van der Waals surface area contributed by atoms with Crippen LogP contribution < -0.4 is 10.1 Å². The van der Waals surface area contributed by atoms with Gasteiger partial charge in [-0.15, -0.1) is 6.58 Å². The van der Waals surface area contributed by atoms with Crippen molar-refractivity contribution >= 4 is 33.5 Å². The molecule has 0 aliphatic heterocycles. The minimum absolute atomic E-state index is 0.00164. The van der Waals surface area contributed by atoms with E-state index in [0.29, 0.717) is 17.1 Å². The summed E-state index contributed by atoms with van der Waals surface area (Å²) in [5, 5.41) is 2.58. The predicted octanol–water partition coefficient (Wildman–Crippen LogP) is 5.16. The van der Waals surface area contributed by atoms with Crippen LogP contribution in [0, 0.1) is 5.82 Å². The van der Waals surface area contributed by atoms with E-state index >= 15 is 0 Å². The Kier molecular flexibility index (Phi) is 8.26. The van der Waals surface area contributed by atoms with E-state index in [0.717, 1.165) is 9.87 Å². The highest BCUT2D eigenvalue weighted by Crippen LogP contribution is 2.27. The maximum atomic E-state index is 13.8. The smallest absolute Gasteiger partial charge is 0.243 e. The summed E-state index contributed by atoms with van der Waals surface area (Å²) in [6.07, 6.45) is 3.06. The summed E-state index contributed by atoms with van der Waals surface area (Å²) in [6, 6.07) is 19.2. The zero-order chi connectivity index (χ0) is 27.3. The number of carbonyl (C=O) groups is 1. The maximum absolute atomic E-state index is 13.8. The third-order valence-corrected chi connectivity index (χ3v) is 7.67. The Labute approximate surface area is 225 Å². The molecule has 0 bridgehead atoms. The standard InChI is InChI=1S/C27H24ClFN4O4S/c1-3-15-32(38(35,36)22-12-10-21(37-2)11-13-22)18-26(34)31-27-30-25(19-7-5-4-6-8-19)17-33(27)20-9-14-24(29)23(28)16-20/h3-14,16-17H,1,15,18H2,2H3,(H,30,31,34). The first-order chi connectivity index (χ1) is 18.2. The first-order valence-corrected chi connectivity index (χ1v) is 13.2. The van der Waals surface area contributed by atoms with E-state index in [-0.39, 0.29) is 22.4 Å². The SMILES string of the molecule is C=CCN(CC(=O)Nc1nc(-c2ccccc2)cn1-c1ccc(F)c(Cl)c1)S(=O)(=O)c1ccc(OC)cc1. The van der Waals surface area contributed by atoms with Gasteiger partial charge in [-0.2, -0.15) is 4.31 Å². The lowest BCUT2D eigenvalue weighted by Gasteiger charge is -2.20. The van der Waals surface area contributed by atoms with Gasteiger partial charge in [0.15, 0.2) is 0 Å². The van der Waals surface area contributed by atoms with Gasteiger partial charge in [0, 0.05) is 18.3 Å². The summed E-state index contributed by atoms with van der Waals surface area (Å²) < 4.78 is 47.9. The summed E-state index contributed by atoms with van der Waals surface area (Å²) in [6.45, 7) is 3.01. The number of hydrogen-bond donors (Lipinski definition) is 1. The van der Waals surface area contributed by atoms with Crippen LogP contribution in [-0.2, 0) is 14.8 Å². The van der Waals surface area contributed by atoms with Gasteiger partial charge < -0.3 is 4.74 Å². The lowest BCUT2D eigenvalue weighted by atomic mass is 10.2. The molecule has 0 fully saturated rings. The topological polar surface area (TPSA) is 93.5 Å². The van der Waals surface area contributed by atoms with Gasteiger partial charge in [-0.25, -0.2) is 17.8 Å². The summed E-state index contributed by atoms with van der Waals surface area (Å²) >= 11 is 5.99. The van der Waals surface area contributed by atoms with E-state index in [2.05, 4.69) is 16.9 Å². The van der Waals surface area contributed by atoms with E-state index in [1.807, 2.05) is 30.3 Å². The first kappa shape index (κ1) is 27.1. The average Bonchev–Trinajstić information content (AvgIpc) is 3.34. The van der Waals surface area contributed by atoms with E-state index in [4.69, 9.17) is 16.3 Å². The Bertz CT molecular complexity index is 1560. The number of aromatic nitrogens is 2. The average molecular weight is 555 g/mol. The molecule has 1 aromatic heterocycles. The molecule has 1 heterocycles. The number of halogens is 2. The van der Waals surface area contributed by atoms with Gasteiger partial charge in [-0.1, -0.05) is 48.0 Å². The number of sulfonamides is 1. The summed E-state index contributed by atoms with van der Waals surface area (Å²) in [5.74, 6) is -0.618. The van der Waals surface area contributed by atoms with Crippen LogP contribution in [0.15, 0.2) is 96.5 Å². The molecule has 0 saturated heterocycles. The molecule has 4 rings (SSSR count). The molecule has 38 heavy (non-hydrogen) atoms. The predicted molar refractivity (Wildman–Crippen MR) is 145 cm³/mol. The molecule has 1 amide bonds. The third kappa shape index (κ3) is 5.94. The molecule has 0 unspecified atom stereocenters. The Morgan fingerprint density at radius 2 is 1.87 bits per heavy atom. The number of nitrogens with zero attached hydrogens (tertiary/aromatic N) is 3.